The normalized spacial score (nSPS) is 11.5. The van der Waals surface area contributed by atoms with E-state index in [2.05, 4.69) is 20.0 Å². The Labute approximate surface area is 173 Å². The van der Waals surface area contributed by atoms with Crippen molar-refractivity contribution in [3.63, 3.8) is 0 Å². The van der Waals surface area contributed by atoms with Crippen LogP contribution in [0, 0.1) is 20.0 Å². The molecule has 2 aromatic carbocycles. The number of methoxy groups -OCH3 is 1. The van der Waals surface area contributed by atoms with E-state index in [0.717, 1.165) is 23.0 Å². The molecule has 0 N–H and O–H groups in total. The number of aldehydes is 1. The minimum absolute atomic E-state index is 0. The van der Waals surface area contributed by atoms with Crippen LogP contribution in [0.15, 0.2) is 42.5 Å². The summed E-state index contributed by atoms with van der Waals surface area (Å²) in [4.78, 5) is 11.3. The number of hydrogen-bond donors (Lipinski definition) is 0. The molecule has 0 atom stereocenters. The Morgan fingerprint density at radius 3 is 2.07 bits per heavy atom. The number of benzene rings is 2. The predicted molar refractivity (Wildman–Crippen MR) is 90.3 cm³/mol. The molecular weight excluding hydrogens is 404 g/mol. The Bertz CT molecular complexity index is 763. The molecule has 1 aliphatic rings. The van der Waals surface area contributed by atoms with Crippen molar-refractivity contribution < 1.29 is 50.3 Å². The Morgan fingerprint density at radius 1 is 0.964 bits per heavy atom. The standard InChI is InChI=1S/C17H16O4.3CO.Cr/c1-19-15-8-4-7-14(17-20-9-10-21-17)16(15)13-6-3-2-5-12(13)11-18;3*1-2;/h2-8,11,17H,9-10H2,1H3;;;;. The van der Waals surface area contributed by atoms with E-state index in [1.54, 1.807) is 13.2 Å². The van der Waals surface area contributed by atoms with Gasteiger partial charge in [-0.3, -0.25) is 4.79 Å². The van der Waals surface area contributed by atoms with E-state index in [4.69, 9.17) is 28.2 Å². The van der Waals surface area contributed by atoms with Gasteiger partial charge >= 0.3 is 33.9 Å². The van der Waals surface area contributed by atoms with Crippen LogP contribution in [0.3, 0.4) is 0 Å². The van der Waals surface area contributed by atoms with Crippen molar-refractivity contribution >= 4 is 6.29 Å². The molecule has 0 spiro atoms. The first-order chi connectivity index (χ1) is 13.3. The zero-order valence-electron chi connectivity index (χ0n) is 14.9. The van der Waals surface area contributed by atoms with E-state index >= 15 is 0 Å². The average molecular weight is 420 g/mol. The number of ether oxygens (including phenoxy) is 3. The third kappa shape index (κ3) is 6.96. The van der Waals surface area contributed by atoms with E-state index in [9.17, 15) is 4.79 Å². The van der Waals surface area contributed by atoms with Crippen molar-refractivity contribution in [3.8, 4) is 16.9 Å². The minimum atomic E-state index is -0.421. The maximum atomic E-state index is 11.3. The molecule has 0 unspecified atom stereocenters. The molecule has 28 heavy (non-hydrogen) atoms. The molecule has 0 amide bonds. The Kier molecular flexibility index (Phi) is 16.6. The molecule has 1 aliphatic heterocycles. The average Bonchev–Trinajstić information content (AvgIpc) is 3.32. The summed E-state index contributed by atoms with van der Waals surface area (Å²) in [5, 5.41) is 0. The van der Waals surface area contributed by atoms with Gasteiger partial charge in [-0.25, -0.2) is 0 Å². The molecule has 1 fully saturated rings. The fourth-order valence-electron chi connectivity index (χ4n) is 2.57. The summed E-state index contributed by atoms with van der Waals surface area (Å²) in [5.74, 6) is 0.695. The van der Waals surface area contributed by atoms with E-state index in [1.165, 1.54) is 0 Å². The van der Waals surface area contributed by atoms with Gasteiger partial charge in [-0.2, -0.15) is 0 Å². The van der Waals surface area contributed by atoms with Crippen molar-refractivity contribution in [1.29, 1.82) is 0 Å². The molecule has 144 valence electrons. The fourth-order valence-corrected chi connectivity index (χ4v) is 2.57. The second kappa shape index (κ2) is 16.7. The van der Waals surface area contributed by atoms with Gasteiger partial charge in [-0.05, 0) is 11.6 Å². The van der Waals surface area contributed by atoms with Crippen LogP contribution < -0.4 is 4.74 Å². The van der Waals surface area contributed by atoms with Gasteiger partial charge in [0.25, 0.3) is 0 Å². The minimum Gasteiger partial charge on any atom is 0 e. The fraction of sp³-hybridized carbons (Fsp3) is 0.200. The number of carbonyl (C=O) groups is 1. The predicted octanol–water partition coefficient (Wildman–Crippen LogP) is 3.11. The third-order valence-corrected chi connectivity index (χ3v) is 3.51. The smallest absolute Gasteiger partial charge is 0 e. The maximum Gasteiger partial charge on any atom is 0 e. The molecule has 1 heterocycles. The van der Waals surface area contributed by atoms with Gasteiger partial charge in [0.05, 0.1) is 20.3 Å². The van der Waals surface area contributed by atoms with E-state index < -0.39 is 6.29 Å². The summed E-state index contributed by atoms with van der Waals surface area (Å²) >= 11 is 0. The number of carbonyl (C=O) groups excluding carboxylic acids is 1. The van der Waals surface area contributed by atoms with Crippen LogP contribution in [0.25, 0.3) is 11.1 Å². The third-order valence-electron chi connectivity index (χ3n) is 3.51. The zero-order valence-corrected chi connectivity index (χ0v) is 16.2. The van der Waals surface area contributed by atoms with Gasteiger partial charge < -0.3 is 14.2 Å². The second-order valence-electron chi connectivity index (χ2n) is 4.70. The van der Waals surface area contributed by atoms with Crippen LogP contribution in [0.4, 0.5) is 0 Å². The molecule has 1 saturated heterocycles. The van der Waals surface area contributed by atoms with Gasteiger partial charge in [0.2, 0.25) is 0 Å². The van der Waals surface area contributed by atoms with Crippen LogP contribution in [-0.2, 0) is 40.8 Å². The first-order valence-corrected chi connectivity index (χ1v) is 7.41. The molecule has 7 nitrogen and oxygen atoms in total. The van der Waals surface area contributed by atoms with Crippen molar-refractivity contribution in [2.45, 2.75) is 6.29 Å². The van der Waals surface area contributed by atoms with Crippen molar-refractivity contribution in [3.05, 3.63) is 73.5 Å². The summed E-state index contributed by atoms with van der Waals surface area (Å²) in [6.45, 7) is 14.6. The molecule has 8 heteroatoms. The Balaban J connectivity index is 0. The SMILES string of the molecule is COc1cccc(C2OCCO2)c1-c1ccccc1C=O.[C-]#[O+].[C-]#[O+].[C-]#[O+].[Cr]. The molecule has 0 bridgehead atoms. The summed E-state index contributed by atoms with van der Waals surface area (Å²) in [7, 11) is 1.61. The first kappa shape index (κ1) is 27.8. The zero-order chi connectivity index (χ0) is 20.7. The molecule has 0 aromatic heterocycles. The van der Waals surface area contributed by atoms with E-state index in [0.29, 0.717) is 24.5 Å². The summed E-state index contributed by atoms with van der Waals surface area (Å²) in [6.07, 6.45) is 0.428. The topological polar surface area (TPSA) is 104 Å². The molecule has 0 saturated carbocycles. The number of rotatable bonds is 4. The van der Waals surface area contributed by atoms with Crippen molar-refractivity contribution in [1.82, 2.24) is 0 Å². The second-order valence-corrected chi connectivity index (χ2v) is 4.70. The maximum absolute atomic E-state index is 11.3. The largest absolute Gasteiger partial charge is 0 e. The first-order valence-electron chi connectivity index (χ1n) is 7.41. The molecule has 2 aromatic rings. The van der Waals surface area contributed by atoms with Crippen LogP contribution >= 0.6 is 0 Å². The molecular formula is C20H16CrO7. The molecule has 3 rings (SSSR count). The summed E-state index contributed by atoms with van der Waals surface area (Å²) in [5.41, 5.74) is 3.15. The van der Waals surface area contributed by atoms with Gasteiger partial charge in [-0.15, -0.1) is 0 Å². The van der Waals surface area contributed by atoms with Gasteiger partial charge in [-0.1, -0.05) is 36.4 Å². The molecule has 0 aliphatic carbocycles. The summed E-state index contributed by atoms with van der Waals surface area (Å²) in [6, 6.07) is 13.1. The molecule has 0 radical (unpaired) electrons. The number of hydrogen-bond acceptors (Lipinski definition) is 4. The monoisotopic (exact) mass is 420 g/mol. The summed E-state index contributed by atoms with van der Waals surface area (Å²) < 4.78 is 39.2. The van der Waals surface area contributed by atoms with Crippen molar-refractivity contribution in [2.24, 2.45) is 0 Å². The van der Waals surface area contributed by atoms with E-state index in [-0.39, 0.29) is 17.4 Å². The van der Waals surface area contributed by atoms with Crippen LogP contribution in [-0.4, -0.2) is 26.6 Å². The van der Waals surface area contributed by atoms with Crippen molar-refractivity contribution in [2.75, 3.05) is 20.3 Å². The Morgan fingerprint density at radius 2 is 1.54 bits per heavy atom. The van der Waals surface area contributed by atoms with Gasteiger partial charge in [0.1, 0.15) is 5.75 Å². The van der Waals surface area contributed by atoms with E-state index in [1.807, 2.05) is 36.4 Å². The van der Waals surface area contributed by atoms with Crippen LogP contribution in [0.2, 0.25) is 0 Å². The van der Waals surface area contributed by atoms with Crippen LogP contribution in [0.1, 0.15) is 22.2 Å². The van der Waals surface area contributed by atoms with Crippen LogP contribution in [0.5, 0.6) is 5.75 Å². The van der Waals surface area contributed by atoms with Gasteiger partial charge in [0.15, 0.2) is 12.6 Å². The van der Waals surface area contributed by atoms with Gasteiger partial charge in [0, 0.05) is 34.1 Å². The Hall–Kier alpha value is -2.42. The quantitative estimate of drug-likeness (QED) is 0.431.